The molecule has 18 heavy (non-hydrogen) atoms. The van der Waals surface area contributed by atoms with Crippen molar-refractivity contribution < 1.29 is 25.6 Å². The first kappa shape index (κ1) is 15.8. The van der Waals surface area contributed by atoms with Crippen LogP contribution in [-0.2, 0) is 19.7 Å². The lowest BCUT2D eigenvalue weighted by molar-refractivity contribution is 0.290. The Morgan fingerprint density at radius 3 is 1.89 bits per heavy atom. The van der Waals surface area contributed by atoms with E-state index in [2.05, 4.69) is 0 Å². The summed E-state index contributed by atoms with van der Waals surface area (Å²) in [6.07, 6.45) is 0.812. The zero-order chi connectivity index (χ0) is 14.2. The smallest absolute Gasteiger partial charge is 0.208 e. The average Bonchev–Trinajstić information content (AvgIpc) is 2.51. The maximum atomic E-state index is 12.8. The van der Waals surface area contributed by atoms with Gasteiger partial charge in [0.2, 0.25) is 10.5 Å². The average molecular weight is 304 g/mol. The minimum absolute atomic E-state index is 0.00463. The van der Waals surface area contributed by atoms with Gasteiger partial charge in [-0.3, -0.25) is 0 Å². The molecule has 0 aromatic heterocycles. The number of rotatable bonds is 0. The van der Waals surface area contributed by atoms with Gasteiger partial charge in [0.1, 0.15) is 0 Å². The number of sulfone groups is 2. The Morgan fingerprint density at radius 2 is 1.78 bits per heavy atom. The van der Waals surface area contributed by atoms with Crippen LogP contribution in [0.25, 0.3) is 0 Å². The van der Waals surface area contributed by atoms with Gasteiger partial charge in [-0.05, 0) is 32.1 Å². The normalized spacial score (nSPS) is 41.1. The van der Waals surface area contributed by atoms with Crippen LogP contribution in [0.15, 0.2) is 0 Å². The summed E-state index contributed by atoms with van der Waals surface area (Å²) < 4.78 is 67.8. The van der Waals surface area contributed by atoms with Gasteiger partial charge in [-0.15, -0.1) is 0 Å². The van der Waals surface area contributed by atoms with E-state index < -0.39 is 30.2 Å². The van der Waals surface area contributed by atoms with E-state index >= 15 is 0 Å². The molecule has 0 amide bonds. The van der Waals surface area contributed by atoms with Gasteiger partial charge < -0.3 is 0 Å². The van der Waals surface area contributed by atoms with Crippen LogP contribution in [-0.4, -0.2) is 38.8 Å². The molecular formula is C10H18F2O4S2. The Labute approximate surface area is 107 Å². The highest BCUT2D eigenvalue weighted by molar-refractivity contribution is 7.92. The predicted octanol–water partition coefficient (Wildman–Crippen LogP) is 1.62. The molecule has 4 nitrogen and oxygen atoms in total. The lowest BCUT2D eigenvalue weighted by atomic mass is 10.2. The lowest BCUT2D eigenvalue weighted by Gasteiger charge is -2.09. The van der Waals surface area contributed by atoms with Crippen molar-refractivity contribution in [2.75, 3.05) is 11.5 Å². The minimum Gasteiger partial charge on any atom is -0.230 e. The summed E-state index contributed by atoms with van der Waals surface area (Å²) in [4.78, 5) is 0. The number of hydrogen-bond acceptors (Lipinski definition) is 4. The molecule has 0 N–H and O–H groups in total. The third-order valence-electron chi connectivity index (χ3n) is 3.18. The molecule has 3 unspecified atom stereocenters. The summed E-state index contributed by atoms with van der Waals surface area (Å²) in [5, 5.41) is -1.94. The topological polar surface area (TPSA) is 68.3 Å². The first-order valence-electron chi connectivity index (χ1n) is 5.75. The molecule has 0 aromatic carbocycles. The van der Waals surface area contributed by atoms with Gasteiger partial charge in [0.15, 0.2) is 19.7 Å². The zero-order valence-corrected chi connectivity index (χ0v) is 12.0. The molecule has 0 spiro atoms. The third kappa shape index (κ3) is 3.40. The second-order valence-corrected chi connectivity index (χ2v) is 9.76. The van der Waals surface area contributed by atoms with Crippen LogP contribution in [0, 0.1) is 5.92 Å². The first-order valence-corrected chi connectivity index (χ1v) is 9.11. The van der Waals surface area contributed by atoms with Crippen LogP contribution in [0.5, 0.6) is 0 Å². The van der Waals surface area contributed by atoms with Crippen LogP contribution < -0.4 is 0 Å². The SMILES string of the molecule is CC1(F)CCCS1(=O)=O.CC1CC(F)S(=O)(=O)C1. The van der Waals surface area contributed by atoms with Gasteiger partial charge in [-0.2, -0.15) is 0 Å². The van der Waals surface area contributed by atoms with Crippen molar-refractivity contribution in [2.45, 2.75) is 43.6 Å². The van der Waals surface area contributed by atoms with Crippen LogP contribution >= 0.6 is 0 Å². The summed E-state index contributed by atoms with van der Waals surface area (Å²) in [7, 11) is -6.73. The molecular weight excluding hydrogens is 286 g/mol. The molecule has 2 fully saturated rings. The third-order valence-corrected chi connectivity index (χ3v) is 7.51. The van der Waals surface area contributed by atoms with Crippen molar-refractivity contribution in [2.24, 2.45) is 5.92 Å². The first-order chi connectivity index (χ1) is 7.98. The van der Waals surface area contributed by atoms with Crippen molar-refractivity contribution in [3.63, 3.8) is 0 Å². The molecule has 3 atom stereocenters. The Hall–Kier alpha value is -0.240. The van der Waals surface area contributed by atoms with E-state index in [1.807, 2.05) is 0 Å². The van der Waals surface area contributed by atoms with Gasteiger partial charge in [0, 0.05) is 0 Å². The lowest BCUT2D eigenvalue weighted by Crippen LogP contribution is -2.24. The van der Waals surface area contributed by atoms with Gasteiger partial charge in [0.05, 0.1) is 11.5 Å². The molecule has 2 saturated heterocycles. The second kappa shape index (κ2) is 5.03. The summed E-state index contributed by atoms with van der Waals surface area (Å²) in [5.74, 6) is 0.0405. The highest BCUT2D eigenvalue weighted by atomic mass is 32.2. The minimum atomic E-state index is -3.39. The molecule has 0 saturated carbocycles. The van der Waals surface area contributed by atoms with E-state index in [1.165, 1.54) is 0 Å². The van der Waals surface area contributed by atoms with Gasteiger partial charge in [-0.1, -0.05) is 6.92 Å². The molecule has 0 aromatic rings. The zero-order valence-electron chi connectivity index (χ0n) is 10.4. The van der Waals surface area contributed by atoms with Crippen molar-refractivity contribution in [3.05, 3.63) is 0 Å². The van der Waals surface area contributed by atoms with E-state index in [4.69, 9.17) is 0 Å². The predicted molar refractivity (Wildman–Crippen MR) is 65.0 cm³/mol. The van der Waals surface area contributed by atoms with Crippen LogP contribution in [0.1, 0.15) is 33.1 Å². The Bertz CT molecular complexity index is 496. The summed E-state index contributed by atoms with van der Waals surface area (Å²) in [6, 6.07) is 0. The molecule has 8 heteroatoms. The van der Waals surface area contributed by atoms with Gasteiger partial charge in [0.25, 0.3) is 0 Å². The number of hydrogen-bond donors (Lipinski definition) is 0. The van der Waals surface area contributed by atoms with Crippen LogP contribution in [0.3, 0.4) is 0 Å². The number of alkyl halides is 2. The molecule has 108 valence electrons. The largest absolute Gasteiger partial charge is 0.230 e. The van der Waals surface area contributed by atoms with Crippen LogP contribution in [0.2, 0.25) is 0 Å². The molecule has 2 aliphatic heterocycles. The molecule has 2 aliphatic rings. The maximum absolute atomic E-state index is 12.8. The Morgan fingerprint density at radius 1 is 1.22 bits per heavy atom. The van der Waals surface area contributed by atoms with Crippen molar-refractivity contribution in [1.82, 2.24) is 0 Å². The highest BCUT2D eigenvalue weighted by Crippen LogP contribution is 2.32. The van der Waals surface area contributed by atoms with E-state index in [1.54, 1.807) is 6.92 Å². The molecule has 0 bridgehead atoms. The number of halogens is 2. The Balaban J connectivity index is 0.000000180. The van der Waals surface area contributed by atoms with Crippen LogP contribution in [0.4, 0.5) is 8.78 Å². The fourth-order valence-corrected chi connectivity index (χ4v) is 5.14. The monoisotopic (exact) mass is 304 g/mol. The van der Waals surface area contributed by atoms with E-state index in [9.17, 15) is 25.6 Å². The van der Waals surface area contributed by atoms with Crippen molar-refractivity contribution in [3.8, 4) is 0 Å². The summed E-state index contributed by atoms with van der Waals surface area (Å²) in [5.41, 5.74) is -1.59. The fourth-order valence-electron chi connectivity index (χ4n) is 1.98. The standard InChI is InChI=1S/2C5H9FO2S/c1-4-2-5(6)9(7,8)3-4;1-5(6)3-2-4-9(5,7)8/h4-5H,2-3H2,1H3;2-4H2,1H3. The molecule has 0 radical (unpaired) electrons. The second-order valence-electron chi connectivity index (χ2n) is 5.10. The van der Waals surface area contributed by atoms with Crippen molar-refractivity contribution >= 4 is 19.7 Å². The molecule has 2 rings (SSSR count). The quantitative estimate of drug-likeness (QED) is 0.682. The molecule has 0 aliphatic carbocycles. The maximum Gasteiger partial charge on any atom is 0.208 e. The fraction of sp³-hybridized carbons (Fsp3) is 1.00. The highest BCUT2D eigenvalue weighted by Gasteiger charge is 2.43. The van der Waals surface area contributed by atoms with Gasteiger partial charge >= 0.3 is 0 Å². The summed E-state index contributed by atoms with van der Waals surface area (Å²) in [6.45, 7) is 2.88. The summed E-state index contributed by atoms with van der Waals surface area (Å²) >= 11 is 0. The van der Waals surface area contributed by atoms with E-state index in [0.717, 1.165) is 6.92 Å². The van der Waals surface area contributed by atoms with E-state index in [-0.39, 0.29) is 30.3 Å². The van der Waals surface area contributed by atoms with E-state index in [0.29, 0.717) is 6.42 Å². The Kier molecular flexibility index (Phi) is 4.42. The van der Waals surface area contributed by atoms with Gasteiger partial charge in [-0.25, -0.2) is 25.6 Å². The van der Waals surface area contributed by atoms with Crippen molar-refractivity contribution in [1.29, 1.82) is 0 Å². The molecule has 2 heterocycles.